The SMILES string of the molecule is Cn1nccc1NC(=O)Cc1noc(C2(c3cc(F)cc(F)c3)CCCC2)n1. The maximum Gasteiger partial charge on any atom is 0.237 e. The van der Waals surface area contributed by atoms with Gasteiger partial charge in [-0.3, -0.25) is 9.48 Å². The smallest absolute Gasteiger partial charge is 0.237 e. The molecule has 28 heavy (non-hydrogen) atoms. The Morgan fingerprint density at radius 1 is 1.25 bits per heavy atom. The van der Waals surface area contributed by atoms with E-state index in [1.807, 2.05) is 0 Å². The molecule has 0 aliphatic heterocycles. The molecule has 9 heteroatoms. The van der Waals surface area contributed by atoms with Crippen LogP contribution < -0.4 is 5.32 Å². The number of hydrogen-bond donors (Lipinski definition) is 1. The molecular weight excluding hydrogens is 368 g/mol. The Hall–Kier alpha value is -3.10. The molecule has 1 N–H and O–H groups in total. The highest BCUT2D eigenvalue weighted by atomic mass is 19.1. The van der Waals surface area contributed by atoms with E-state index < -0.39 is 17.0 Å². The van der Waals surface area contributed by atoms with Gasteiger partial charge in [-0.15, -0.1) is 0 Å². The molecule has 1 aromatic carbocycles. The summed E-state index contributed by atoms with van der Waals surface area (Å²) in [5.41, 5.74) is -0.246. The molecule has 4 rings (SSSR count). The standard InChI is InChI=1S/C19H19F2N5O2/c1-26-16(4-7-22-26)24-17(27)11-15-23-18(28-25-15)19(5-2-3-6-19)12-8-13(20)10-14(21)9-12/h4,7-10H,2-3,5-6,11H2,1H3,(H,24,27). The van der Waals surface area contributed by atoms with Gasteiger partial charge in [0.2, 0.25) is 11.8 Å². The minimum atomic E-state index is -0.729. The van der Waals surface area contributed by atoms with Gasteiger partial charge in [0.15, 0.2) is 5.82 Å². The molecule has 1 fully saturated rings. The molecule has 0 radical (unpaired) electrons. The average Bonchev–Trinajstić information content (AvgIpc) is 3.36. The first kappa shape index (κ1) is 18.3. The molecule has 2 aromatic heterocycles. The van der Waals surface area contributed by atoms with Crippen molar-refractivity contribution in [2.24, 2.45) is 7.05 Å². The lowest BCUT2D eigenvalue weighted by Gasteiger charge is -2.25. The zero-order valence-electron chi connectivity index (χ0n) is 15.3. The van der Waals surface area contributed by atoms with Crippen molar-refractivity contribution in [2.45, 2.75) is 37.5 Å². The quantitative estimate of drug-likeness (QED) is 0.727. The fourth-order valence-corrected chi connectivity index (χ4v) is 3.78. The molecule has 0 saturated heterocycles. The molecule has 1 saturated carbocycles. The Labute approximate surface area is 159 Å². The second-order valence-electron chi connectivity index (χ2n) is 7.03. The number of amides is 1. The fraction of sp³-hybridized carbons (Fsp3) is 0.368. The largest absolute Gasteiger partial charge is 0.338 e. The Morgan fingerprint density at radius 2 is 1.96 bits per heavy atom. The van der Waals surface area contributed by atoms with E-state index in [1.54, 1.807) is 19.3 Å². The third kappa shape index (κ3) is 3.39. The summed E-state index contributed by atoms with van der Waals surface area (Å²) in [6, 6.07) is 5.14. The van der Waals surface area contributed by atoms with Crippen molar-refractivity contribution < 1.29 is 18.1 Å². The molecule has 7 nitrogen and oxygen atoms in total. The zero-order valence-corrected chi connectivity index (χ0v) is 15.3. The highest BCUT2D eigenvalue weighted by molar-refractivity contribution is 5.90. The summed E-state index contributed by atoms with van der Waals surface area (Å²) in [7, 11) is 1.71. The van der Waals surface area contributed by atoms with Crippen molar-refractivity contribution >= 4 is 11.7 Å². The lowest BCUT2D eigenvalue weighted by Crippen LogP contribution is -2.25. The van der Waals surface area contributed by atoms with Gasteiger partial charge in [0.1, 0.15) is 17.5 Å². The van der Waals surface area contributed by atoms with Crippen LogP contribution in [0.4, 0.5) is 14.6 Å². The van der Waals surface area contributed by atoms with E-state index in [2.05, 4.69) is 20.6 Å². The van der Waals surface area contributed by atoms with Gasteiger partial charge in [-0.25, -0.2) is 8.78 Å². The predicted molar refractivity (Wildman–Crippen MR) is 95.4 cm³/mol. The highest BCUT2D eigenvalue weighted by Gasteiger charge is 2.43. The first-order chi connectivity index (χ1) is 13.5. The van der Waals surface area contributed by atoms with E-state index in [4.69, 9.17) is 4.52 Å². The van der Waals surface area contributed by atoms with Gasteiger partial charge in [-0.2, -0.15) is 10.1 Å². The summed E-state index contributed by atoms with van der Waals surface area (Å²) >= 11 is 0. The highest BCUT2D eigenvalue weighted by Crippen LogP contribution is 2.46. The second kappa shape index (κ2) is 7.14. The molecule has 3 aromatic rings. The third-order valence-corrected chi connectivity index (χ3v) is 5.16. The number of nitrogens with zero attached hydrogens (tertiary/aromatic N) is 4. The van der Waals surface area contributed by atoms with Gasteiger partial charge in [0.25, 0.3) is 0 Å². The fourth-order valence-electron chi connectivity index (χ4n) is 3.78. The molecule has 1 amide bonds. The summed E-state index contributed by atoms with van der Waals surface area (Å²) in [5, 5.41) is 10.6. The van der Waals surface area contributed by atoms with Crippen LogP contribution in [0.3, 0.4) is 0 Å². The van der Waals surface area contributed by atoms with Crippen molar-refractivity contribution in [3.63, 3.8) is 0 Å². The Morgan fingerprint density at radius 3 is 2.61 bits per heavy atom. The summed E-state index contributed by atoms with van der Waals surface area (Å²) in [6.45, 7) is 0. The van der Waals surface area contributed by atoms with E-state index in [1.165, 1.54) is 16.8 Å². The van der Waals surface area contributed by atoms with Crippen LogP contribution in [-0.2, 0) is 23.7 Å². The lowest BCUT2D eigenvalue weighted by atomic mass is 9.78. The number of benzene rings is 1. The van der Waals surface area contributed by atoms with E-state index in [0.29, 0.717) is 30.1 Å². The van der Waals surface area contributed by atoms with Crippen LogP contribution in [0, 0.1) is 11.6 Å². The first-order valence-corrected chi connectivity index (χ1v) is 9.04. The number of hydrogen-bond acceptors (Lipinski definition) is 5. The van der Waals surface area contributed by atoms with Gasteiger partial charge in [0, 0.05) is 19.2 Å². The number of rotatable bonds is 5. The van der Waals surface area contributed by atoms with Crippen molar-refractivity contribution in [1.29, 1.82) is 0 Å². The number of nitrogens with one attached hydrogen (secondary N) is 1. The van der Waals surface area contributed by atoms with Crippen molar-refractivity contribution in [3.8, 4) is 0 Å². The van der Waals surface area contributed by atoms with Crippen LogP contribution in [0.2, 0.25) is 0 Å². The summed E-state index contributed by atoms with van der Waals surface area (Å²) in [6.07, 6.45) is 4.57. The summed E-state index contributed by atoms with van der Waals surface area (Å²) in [5.74, 6) is -0.534. The Bertz CT molecular complexity index is 987. The minimum absolute atomic E-state index is 0.0811. The van der Waals surface area contributed by atoms with Crippen molar-refractivity contribution in [2.75, 3.05) is 5.32 Å². The van der Waals surface area contributed by atoms with Crippen LogP contribution in [0.25, 0.3) is 0 Å². The molecule has 2 heterocycles. The number of aryl methyl sites for hydroxylation is 1. The van der Waals surface area contributed by atoms with Gasteiger partial charge >= 0.3 is 0 Å². The van der Waals surface area contributed by atoms with Crippen molar-refractivity contribution in [1.82, 2.24) is 19.9 Å². The van der Waals surface area contributed by atoms with Crippen LogP contribution >= 0.6 is 0 Å². The number of halogens is 2. The minimum Gasteiger partial charge on any atom is -0.338 e. The van der Waals surface area contributed by atoms with E-state index >= 15 is 0 Å². The molecular formula is C19H19F2N5O2. The van der Waals surface area contributed by atoms with Gasteiger partial charge in [-0.05, 0) is 30.5 Å². The van der Waals surface area contributed by atoms with Gasteiger partial charge in [0.05, 0.1) is 18.0 Å². The average molecular weight is 387 g/mol. The molecule has 0 spiro atoms. The second-order valence-corrected chi connectivity index (χ2v) is 7.03. The Balaban J connectivity index is 1.57. The van der Waals surface area contributed by atoms with E-state index in [-0.39, 0.29) is 18.2 Å². The van der Waals surface area contributed by atoms with Crippen LogP contribution in [0.15, 0.2) is 35.0 Å². The maximum absolute atomic E-state index is 13.8. The molecule has 1 aliphatic rings. The van der Waals surface area contributed by atoms with Crippen LogP contribution in [0.1, 0.15) is 43.0 Å². The lowest BCUT2D eigenvalue weighted by molar-refractivity contribution is -0.115. The van der Waals surface area contributed by atoms with E-state index in [9.17, 15) is 13.6 Å². The molecule has 146 valence electrons. The molecule has 0 unspecified atom stereocenters. The molecule has 0 atom stereocenters. The molecule has 0 bridgehead atoms. The van der Waals surface area contributed by atoms with Gasteiger partial charge in [-0.1, -0.05) is 18.0 Å². The zero-order chi connectivity index (χ0) is 19.7. The number of aromatic nitrogens is 4. The molecule has 1 aliphatic carbocycles. The number of anilines is 1. The predicted octanol–water partition coefficient (Wildman–Crippen LogP) is 3.12. The first-order valence-electron chi connectivity index (χ1n) is 9.04. The van der Waals surface area contributed by atoms with Crippen molar-refractivity contribution in [3.05, 3.63) is 59.4 Å². The Kier molecular flexibility index (Phi) is 4.66. The normalized spacial score (nSPS) is 15.7. The summed E-state index contributed by atoms with van der Waals surface area (Å²) < 4.78 is 34.6. The number of carbonyl (C=O) groups excluding carboxylic acids is 1. The third-order valence-electron chi connectivity index (χ3n) is 5.16. The number of carbonyl (C=O) groups is 1. The summed E-state index contributed by atoms with van der Waals surface area (Å²) in [4.78, 5) is 16.6. The van der Waals surface area contributed by atoms with Crippen LogP contribution in [0.5, 0.6) is 0 Å². The van der Waals surface area contributed by atoms with E-state index in [0.717, 1.165) is 18.9 Å². The topological polar surface area (TPSA) is 85.8 Å². The van der Waals surface area contributed by atoms with Crippen LogP contribution in [-0.4, -0.2) is 25.8 Å². The monoisotopic (exact) mass is 387 g/mol. The maximum atomic E-state index is 13.8. The van der Waals surface area contributed by atoms with Gasteiger partial charge < -0.3 is 9.84 Å².